The minimum Gasteiger partial charge on any atom is -0.493 e. The highest BCUT2D eigenvalue weighted by atomic mass is 16.5. The lowest BCUT2D eigenvalue weighted by Crippen LogP contribution is -2.10. The molecule has 0 aliphatic heterocycles. The third kappa shape index (κ3) is 2.13. The smallest absolute Gasteiger partial charge is 0.337 e. The maximum Gasteiger partial charge on any atom is 0.337 e. The SMILES string of the molecule is COc1cc2[nH]c3c(C(=O)O)cccc3c(=O)c2c(OC)c1OC. The molecule has 0 radical (unpaired) electrons. The van der Waals surface area contributed by atoms with E-state index in [0.29, 0.717) is 17.0 Å². The summed E-state index contributed by atoms with van der Waals surface area (Å²) in [6.07, 6.45) is 0. The largest absolute Gasteiger partial charge is 0.493 e. The molecule has 7 nitrogen and oxygen atoms in total. The van der Waals surface area contributed by atoms with Crippen molar-refractivity contribution in [1.29, 1.82) is 0 Å². The molecule has 0 fully saturated rings. The van der Waals surface area contributed by atoms with E-state index < -0.39 is 5.97 Å². The summed E-state index contributed by atoms with van der Waals surface area (Å²) in [5.74, 6) is -0.227. The first-order valence-electron chi connectivity index (χ1n) is 7.04. The van der Waals surface area contributed by atoms with Gasteiger partial charge in [0.15, 0.2) is 11.5 Å². The number of rotatable bonds is 4. The van der Waals surface area contributed by atoms with E-state index in [9.17, 15) is 14.7 Å². The van der Waals surface area contributed by atoms with Crippen molar-refractivity contribution in [3.8, 4) is 17.2 Å². The van der Waals surface area contributed by atoms with Crippen LogP contribution in [0.5, 0.6) is 17.2 Å². The number of aromatic amines is 1. The Bertz CT molecular complexity index is 1020. The Balaban J connectivity index is 2.58. The predicted octanol–water partition coefficient (Wildman–Crippen LogP) is 2.41. The molecular weight excluding hydrogens is 314 g/mol. The Kier molecular flexibility index (Phi) is 3.76. The molecule has 0 amide bonds. The van der Waals surface area contributed by atoms with Crippen LogP contribution in [0.4, 0.5) is 0 Å². The second-order valence-electron chi connectivity index (χ2n) is 5.06. The molecule has 1 heterocycles. The van der Waals surface area contributed by atoms with Crippen molar-refractivity contribution in [2.45, 2.75) is 0 Å². The van der Waals surface area contributed by atoms with E-state index in [1.807, 2.05) is 0 Å². The van der Waals surface area contributed by atoms with E-state index >= 15 is 0 Å². The summed E-state index contributed by atoms with van der Waals surface area (Å²) >= 11 is 0. The van der Waals surface area contributed by atoms with Crippen LogP contribution in [0.1, 0.15) is 10.4 Å². The maximum absolute atomic E-state index is 12.9. The monoisotopic (exact) mass is 329 g/mol. The van der Waals surface area contributed by atoms with Crippen LogP contribution in [0, 0.1) is 0 Å². The molecular formula is C17H15NO6. The van der Waals surface area contributed by atoms with Crippen molar-refractivity contribution in [3.05, 3.63) is 40.1 Å². The number of pyridine rings is 1. The molecule has 0 aliphatic carbocycles. The number of carboxylic acids is 1. The van der Waals surface area contributed by atoms with Crippen LogP contribution in [0.15, 0.2) is 29.1 Å². The van der Waals surface area contributed by atoms with Gasteiger partial charge in [-0.25, -0.2) is 4.79 Å². The fourth-order valence-corrected chi connectivity index (χ4v) is 2.80. The Morgan fingerprint density at radius 2 is 1.79 bits per heavy atom. The van der Waals surface area contributed by atoms with Gasteiger partial charge in [-0.05, 0) is 12.1 Å². The summed E-state index contributed by atoms with van der Waals surface area (Å²) in [6, 6.07) is 6.11. The van der Waals surface area contributed by atoms with Gasteiger partial charge in [-0.2, -0.15) is 0 Å². The van der Waals surface area contributed by atoms with E-state index in [0.717, 1.165) is 0 Å². The number of hydrogen-bond acceptors (Lipinski definition) is 5. The molecule has 3 aromatic rings. The molecule has 7 heteroatoms. The Labute approximate surface area is 136 Å². The molecule has 24 heavy (non-hydrogen) atoms. The number of benzene rings is 2. The summed E-state index contributed by atoms with van der Waals surface area (Å²) in [6.45, 7) is 0. The van der Waals surface area contributed by atoms with Crippen molar-refractivity contribution >= 4 is 27.8 Å². The molecule has 0 unspecified atom stereocenters. The normalized spacial score (nSPS) is 10.8. The fraction of sp³-hybridized carbons (Fsp3) is 0.176. The molecule has 0 atom stereocenters. The molecule has 124 valence electrons. The standard InChI is InChI=1S/C17H15NO6/c1-22-11-7-10-12(16(24-3)15(11)23-2)14(19)8-5-4-6-9(17(20)21)13(8)18-10/h4-7H,1-3H3,(H,18,19)(H,20,21). The van der Waals surface area contributed by atoms with E-state index in [-0.39, 0.29) is 33.0 Å². The lowest BCUT2D eigenvalue weighted by atomic mass is 10.0. The molecule has 3 rings (SSSR count). The zero-order chi connectivity index (χ0) is 17.4. The minimum atomic E-state index is -1.12. The Morgan fingerprint density at radius 1 is 1.08 bits per heavy atom. The lowest BCUT2D eigenvalue weighted by molar-refractivity contribution is 0.0699. The van der Waals surface area contributed by atoms with Crippen LogP contribution in [-0.2, 0) is 0 Å². The number of methoxy groups -OCH3 is 3. The van der Waals surface area contributed by atoms with Gasteiger partial charge in [0.2, 0.25) is 11.2 Å². The predicted molar refractivity (Wildman–Crippen MR) is 88.7 cm³/mol. The lowest BCUT2D eigenvalue weighted by Gasteiger charge is -2.15. The van der Waals surface area contributed by atoms with Gasteiger partial charge in [-0.1, -0.05) is 6.07 Å². The third-order valence-electron chi connectivity index (χ3n) is 3.86. The molecule has 0 bridgehead atoms. The quantitative estimate of drug-likeness (QED) is 0.713. The van der Waals surface area contributed by atoms with Gasteiger partial charge in [0, 0.05) is 11.5 Å². The van der Waals surface area contributed by atoms with Crippen LogP contribution in [0.25, 0.3) is 21.8 Å². The summed E-state index contributed by atoms with van der Waals surface area (Å²) in [5, 5.41) is 9.86. The van der Waals surface area contributed by atoms with Crippen LogP contribution in [0.3, 0.4) is 0 Å². The first-order valence-corrected chi connectivity index (χ1v) is 7.04. The number of ether oxygens (including phenoxy) is 3. The van der Waals surface area contributed by atoms with E-state index in [2.05, 4.69) is 4.98 Å². The molecule has 0 spiro atoms. The highest BCUT2D eigenvalue weighted by Gasteiger charge is 2.21. The summed E-state index contributed by atoms with van der Waals surface area (Å²) in [7, 11) is 4.34. The Morgan fingerprint density at radius 3 is 2.38 bits per heavy atom. The van der Waals surface area contributed by atoms with E-state index in [4.69, 9.17) is 14.2 Å². The average molecular weight is 329 g/mol. The van der Waals surface area contributed by atoms with Crippen molar-refractivity contribution < 1.29 is 24.1 Å². The number of carbonyl (C=O) groups is 1. The van der Waals surface area contributed by atoms with Gasteiger partial charge in [0.1, 0.15) is 0 Å². The number of nitrogens with one attached hydrogen (secondary N) is 1. The zero-order valence-electron chi connectivity index (χ0n) is 13.3. The number of aromatic nitrogens is 1. The molecule has 0 saturated carbocycles. The second-order valence-corrected chi connectivity index (χ2v) is 5.06. The van der Waals surface area contributed by atoms with E-state index in [1.165, 1.54) is 33.5 Å². The first-order chi connectivity index (χ1) is 11.5. The van der Waals surface area contributed by atoms with Crippen molar-refractivity contribution in [2.75, 3.05) is 21.3 Å². The number of fused-ring (bicyclic) bond motifs is 2. The summed E-state index contributed by atoms with van der Waals surface area (Å²) < 4.78 is 15.9. The second kappa shape index (κ2) is 5.77. The number of carboxylic acid groups (broad SMARTS) is 1. The highest BCUT2D eigenvalue weighted by Crippen LogP contribution is 2.42. The van der Waals surface area contributed by atoms with Gasteiger partial charge in [-0.3, -0.25) is 4.79 Å². The number of hydrogen-bond donors (Lipinski definition) is 2. The van der Waals surface area contributed by atoms with E-state index in [1.54, 1.807) is 12.1 Å². The molecule has 0 aliphatic rings. The highest BCUT2D eigenvalue weighted by molar-refractivity contribution is 6.06. The molecule has 0 saturated heterocycles. The van der Waals surface area contributed by atoms with Crippen molar-refractivity contribution in [3.63, 3.8) is 0 Å². The number of H-pyrrole nitrogens is 1. The first kappa shape index (κ1) is 15.7. The maximum atomic E-state index is 12.9. The zero-order valence-corrected chi connectivity index (χ0v) is 13.3. The molecule has 2 N–H and O–H groups in total. The summed E-state index contributed by atoms with van der Waals surface area (Å²) in [4.78, 5) is 27.3. The van der Waals surface area contributed by atoms with Gasteiger partial charge < -0.3 is 24.3 Å². The minimum absolute atomic E-state index is 0.0141. The topological polar surface area (TPSA) is 97.9 Å². The Hall–Kier alpha value is -3.22. The van der Waals surface area contributed by atoms with Gasteiger partial charge in [0.05, 0.1) is 43.3 Å². The van der Waals surface area contributed by atoms with Crippen molar-refractivity contribution in [2.24, 2.45) is 0 Å². The fourth-order valence-electron chi connectivity index (χ4n) is 2.80. The average Bonchev–Trinajstić information content (AvgIpc) is 2.59. The molecule has 1 aromatic heterocycles. The number of aromatic carboxylic acids is 1. The van der Waals surface area contributed by atoms with Crippen LogP contribution < -0.4 is 19.6 Å². The van der Waals surface area contributed by atoms with Gasteiger partial charge in [-0.15, -0.1) is 0 Å². The van der Waals surface area contributed by atoms with Crippen LogP contribution >= 0.6 is 0 Å². The molecule has 2 aromatic carbocycles. The number of para-hydroxylation sites is 1. The summed E-state index contributed by atoms with van der Waals surface area (Å²) in [5.41, 5.74) is 0.312. The van der Waals surface area contributed by atoms with Crippen LogP contribution in [-0.4, -0.2) is 37.4 Å². The third-order valence-corrected chi connectivity index (χ3v) is 3.86. The van der Waals surface area contributed by atoms with Gasteiger partial charge >= 0.3 is 5.97 Å². The van der Waals surface area contributed by atoms with Gasteiger partial charge in [0.25, 0.3) is 0 Å². The van der Waals surface area contributed by atoms with Crippen molar-refractivity contribution in [1.82, 2.24) is 4.98 Å². The van der Waals surface area contributed by atoms with Crippen LogP contribution in [0.2, 0.25) is 0 Å².